The molecule has 14 heavy (non-hydrogen) atoms. The summed E-state index contributed by atoms with van der Waals surface area (Å²) in [7, 11) is 1.35. The third-order valence-corrected chi connectivity index (χ3v) is 1.76. The molecular formula is C9H9NO4. The molecule has 1 aromatic carbocycles. The van der Waals surface area contributed by atoms with Gasteiger partial charge in [0.25, 0.3) is 0 Å². The minimum absolute atomic E-state index is 0.0952. The maximum Gasteiger partial charge on any atom is 0.310 e. The first-order valence-corrected chi connectivity index (χ1v) is 3.94. The lowest BCUT2D eigenvalue weighted by Gasteiger charge is -2.02. The van der Waals surface area contributed by atoms with E-state index >= 15 is 0 Å². The van der Waals surface area contributed by atoms with Gasteiger partial charge < -0.3 is 9.53 Å². The Balaban J connectivity index is 3.10. The molecule has 0 aliphatic carbocycles. The van der Waals surface area contributed by atoms with Crippen molar-refractivity contribution in [1.82, 2.24) is 0 Å². The van der Waals surface area contributed by atoms with E-state index in [-0.39, 0.29) is 17.9 Å². The Labute approximate surface area is 80.5 Å². The van der Waals surface area contributed by atoms with Crippen molar-refractivity contribution in [3.05, 3.63) is 33.9 Å². The topological polar surface area (TPSA) is 69.4 Å². The van der Waals surface area contributed by atoms with Crippen molar-refractivity contribution in [2.45, 2.75) is 6.42 Å². The minimum atomic E-state index is -0.524. The average Bonchev–Trinajstić information content (AvgIpc) is 2.17. The van der Waals surface area contributed by atoms with E-state index in [4.69, 9.17) is 4.74 Å². The minimum Gasteiger partial charge on any atom is -0.490 e. The molecule has 0 spiro atoms. The van der Waals surface area contributed by atoms with Crippen LogP contribution in [0.25, 0.3) is 0 Å². The molecule has 0 N–H and O–H groups in total. The molecule has 5 heteroatoms. The number of hydrogen-bond acceptors (Lipinski definition) is 4. The molecule has 74 valence electrons. The SMILES string of the molecule is COc1cc(CC=O)ccc1[N+](=O)[O-]. The van der Waals surface area contributed by atoms with Crippen molar-refractivity contribution in [2.24, 2.45) is 0 Å². The van der Waals surface area contributed by atoms with E-state index in [1.165, 1.54) is 25.3 Å². The van der Waals surface area contributed by atoms with Crippen LogP contribution in [-0.4, -0.2) is 18.3 Å². The second-order valence-corrected chi connectivity index (χ2v) is 2.63. The summed E-state index contributed by atoms with van der Waals surface area (Å²) in [5.41, 5.74) is 0.601. The Morgan fingerprint density at radius 3 is 2.79 bits per heavy atom. The fourth-order valence-corrected chi connectivity index (χ4v) is 1.10. The van der Waals surface area contributed by atoms with Crippen molar-refractivity contribution >= 4 is 12.0 Å². The van der Waals surface area contributed by atoms with Crippen LogP contribution >= 0.6 is 0 Å². The standard InChI is InChI=1S/C9H9NO4/c1-14-9-6-7(4-5-11)2-3-8(9)10(12)13/h2-3,5-6H,4H2,1H3. The molecule has 1 rings (SSSR count). The van der Waals surface area contributed by atoms with Gasteiger partial charge in [-0.25, -0.2) is 0 Å². The number of aldehydes is 1. The molecule has 0 bridgehead atoms. The number of nitro groups is 1. The second kappa shape index (κ2) is 4.36. The highest BCUT2D eigenvalue weighted by molar-refractivity contribution is 5.58. The second-order valence-electron chi connectivity index (χ2n) is 2.63. The van der Waals surface area contributed by atoms with Crippen LogP contribution in [0.3, 0.4) is 0 Å². The van der Waals surface area contributed by atoms with Crippen molar-refractivity contribution in [3.63, 3.8) is 0 Å². The number of nitro benzene ring substituents is 1. The van der Waals surface area contributed by atoms with Gasteiger partial charge in [0.2, 0.25) is 0 Å². The Kier molecular flexibility index (Phi) is 3.17. The molecule has 1 aromatic rings. The molecule has 0 heterocycles. The quantitative estimate of drug-likeness (QED) is 0.413. The van der Waals surface area contributed by atoms with E-state index in [1.807, 2.05) is 0 Å². The number of carbonyl (C=O) groups excluding carboxylic acids is 1. The molecular weight excluding hydrogens is 186 g/mol. The van der Waals surface area contributed by atoms with Crippen LogP contribution in [0.2, 0.25) is 0 Å². The van der Waals surface area contributed by atoms with Crippen molar-refractivity contribution < 1.29 is 14.5 Å². The van der Waals surface area contributed by atoms with E-state index in [1.54, 1.807) is 0 Å². The molecule has 0 saturated carbocycles. The lowest BCUT2D eigenvalue weighted by molar-refractivity contribution is -0.385. The van der Waals surface area contributed by atoms with Gasteiger partial charge in [-0.3, -0.25) is 10.1 Å². The van der Waals surface area contributed by atoms with Gasteiger partial charge in [-0.1, -0.05) is 6.07 Å². The van der Waals surface area contributed by atoms with E-state index < -0.39 is 4.92 Å². The molecule has 0 aliphatic rings. The Morgan fingerprint density at radius 2 is 2.29 bits per heavy atom. The van der Waals surface area contributed by atoms with Gasteiger partial charge in [0.1, 0.15) is 6.29 Å². The smallest absolute Gasteiger partial charge is 0.310 e. The van der Waals surface area contributed by atoms with E-state index in [9.17, 15) is 14.9 Å². The highest BCUT2D eigenvalue weighted by Crippen LogP contribution is 2.27. The fraction of sp³-hybridized carbons (Fsp3) is 0.222. The van der Waals surface area contributed by atoms with Crippen LogP contribution in [0.5, 0.6) is 5.75 Å². The summed E-state index contributed by atoms with van der Waals surface area (Å²) < 4.78 is 4.84. The van der Waals surface area contributed by atoms with Crippen LogP contribution in [0.1, 0.15) is 5.56 Å². The monoisotopic (exact) mass is 195 g/mol. The average molecular weight is 195 g/mol. The van der Waals surface area contributed by atoms with Crippen molar-refractivity contribution in [3.8, 4) is 5.75 Å². The zero-order valence-electron chi connectivity index (χ0n) is 7.60. The van der Waals surface area contributed by atoms with Gasteiger partial charge >= 0.3 is 5.69 Å². The number of ether oxygens (including phenoxy) is 1. The first-order valence-electron chi connectivity index (χ1n) is 3.94. The van der Waals surface area contributed by atoms with Gasteiger partial charge in [0.15, 0.2) is 5.75 Å². The molecule has 0 saturated heterocycles. The van der Waals surface area contributed by atoms with Gasteiger partial charge in [-0.15, -0.1) is 0 Å². The van der Waals surface area contributed by atoms with Crippen molar-refractivity contribution in [2.75, 3.05) is 7.11 Å². The maximum absolute atomic E-state index is 10.5. The lowest BCUT2D eigenvalue weighted by Crippen LogP contribution is -1.95. The summed E-state index contributed by atoms with van der Waals surface area (Å²) in [6.07, 6.45) is 0.967. The van der Waals surface area contributed by atoms with E-state index in [2.05, 4.69) is 0 Å². The first-order chi connectivity index (χ1) is 6.69. The van der Waals surface area contributed by atoms with Gasteiger partial charge in [0, 0.05) is 12.5 Å². The summed E-state index contributed by atoms with van der Waals surface area (Å²) in [6.45, 7) is 0. The normalized spacial score (nSPS) is 9.50. The number of hydrogen-bond donors (Lipinski definition) is 0. The van der Waals surface area contributed by atoms with Crippen LogP contribution in [-0.2, 0) is 11.2 Å². The molecule has 0 atom stereocenters. The van der Waals surface area contributed by atoms with Gasteiger partial charge in [-0.2, -0.15) is 0 Å². The van der Waals surface area contributed by atoms with Crippen LogP contribution in [0.15, 0.2) is 18.2 Å². The third kappa shape index (κ3) is 2.07. The molecule has 0 aromatic heterocycles. The zero-order chi connectivity index (χ0) is 10.6. The third-order valence-electron chi connectivity index (χ3n) is 1.76. The van der Waals surface area contributed by atoms with Crippen molar-refractivity contribution in [1.29, 1.82) is 0 Å². The predicted molar refractivity (Wildman–Crippen MR) is 49.4 cm³/mol. The van der Waals surface area contributed by atoms with Gasteiger partial charge in [0.05, 0.1) is 12.0 Å². The summed E-state index contributed by atoms with van der Waals surface area (Å²) in [4.78, 5) is 20.2. The fourth-order valence-electron chi connectivity index (χ4n) is 1.10. The lowest BCUT2D eigenvalue weighted by atomic mass is 10.1. The number of methoxy groups -OCH3 is 1. The van der Waals surface area contributed by atoms with Crippen LogP contribution in [0, 0.1) is 10.1 Å². The largest absolute Gasteiger partial charge is 0.490 e. The number of nitrogens with zero attached hydrogens (tertiary/aromatic N) is 1. The van der Waals surface area contributed by atoms with Gasteiger partial charge in [-0.05, 0) is 11.6 Å². The molecule has 0 radical (unpaired) electrons. The summed E-state index contributed by atoms with van der Waals surface area (Å²) >= 11 is 0. The molecule has 0 aliphatic heterocycles. The number of carbonyl (C=O) groups is 1. The molecule has 0 unspecified atom stereocenters. The Bertz CT molecular complexity index is 362. The highest BCUT2D eigenvalue weighted by atomic mass is 16.6. The first kappa shape index (κ1) is 10.2. The molecule has 5 nitrogen and oxygen atoms in total. The summed E-state index contributed by atoms with van der Waals surface area (Å²) in [6, 6.07) is 4.36. The number of benzene rings is 1. The molecule has 0 fully saturated rings. The number of rotatable bonds is 4. The Hall–Kier alpha value is -1.91. The zero-order valence-corrected chi connectivity index (χ0v) is 7.60. The molecule has 0 amide bonds. The van der Waals surface area contributed by atoms with Crippen LogP contribution in [0.4, 0.5) is 5.69 Å². The van der Waals surface area contributed by atoms with E-state index in [0.29, 0.717) is 5.56 Å². The summed E-state index contributed by atoms with van der Waals surface area (Å²) in [5.74, 6) is 0.175. The summed E-state index contributed by atoms with van der Waals surface area (Å²) in [5, 5.41) is 10.5. The van der Waals surface area contributed by atoms with Crippen LogP contribution < -0.4 is 4.74 Å². The maximum atomic E-state index is 10.5. The predicted octanol–water partition coefficient (Wildman–Crippen LogP) is 1.34. The highest BCUT2D eigenvalue weighted by Gasteiger charge is 2.13. The van der Waals surface area contributed by atoms with E-state index in [0.717, 1.165) is 6.29 Å². The Morgan fingerprint density at radius 1 is 1.57 bits per heavy atom.